The van der Waals surface area contributed by atoms with Crippen molar-refractivity contribution < 1.29 is 14.7 Å². The summed E-state index contributed by atoms with van der Waals surface area (Å²) in [6, 6.07) is 0. The van der Waals surface area contributed by atoms with Crippen molar-refractivity contribution in [2.24, 2.45) is 5.41 Å². The average Bonchev–Trinajstić information content (AvgIpc) is 1.86. The molecule has 0 amide bonds. The van der Waals surface area contributed by atoms with E-state index in [1.165, 1.54) is 6.08 Å². The average molecular weight is 154 g/mol. The van der Waals surface area contributed by atoms with Crippen LogP contribution in [0.3, 0.4) is 0 Å². The maximum absolute atomic E-state index is 10.8. The molecule has 11 heavy (non-hydrogen) atoms. The zero-order valence-electron chi connectivity index (χ0n) is 6.33. The van der Waals surface area contributed by atoms with Gasteiger partial charge in [0.1, 0.15) is 0 Å². The Hall–Kier alpha value is -1.12. The molecule has 1 aliphatic rings. The molecule has 0 bridgehead atoms. The van der Waals surface area contributed by atoms with Crippen LogP contribution in [0.25, 0.3) is 0 Å². The normalized spacial score (nSPS) is 30.5. The van der Waals surface area contributed by atoms with Crippen molar-refractivity contribution in [2.75, 3.05) is 0 Å². The SMILES string of the molecule is CC1(C(=O)O)CC=CC(=O)C1. The maximum Gasteiger partial charge on any atom is 0.310 e. The fourth-order valence-corrected chi connectivity index (χ4v) is 1.13. The van der Waals surface area contributed by atoms with Gasteiger partial charge in [-0.2, -0.15) is 0 Å². The minimum Gasteiger partial charge on any atom is -0.481 e. The lowest BCUT2D eigenvalue weighted by Gasteiger charge is -2.24. The highest BCUT2D eigenvalue weighted by atomic mass is 16.4. The van der Waals surface area contributed by atoms with Crippen LogP contribution >= 0.6 is 0 Å². The second-order valence-corrected chi connectivity index (χ2v) is 3.12. The van der Waals surface area contributed by atoms with Gasteiger partial charge in [0.2, 0.25) is 0 Å². The molecule has 0 aromatic carbocycles. The topological polar surface area (TPSA) is 54.4 Å². The lowest BCUT2D eigenvalue weighted by molar-refractivity contribution is -0.150. The lowest BCUT2D eigenvalue weighted by Crippen LogP contribution is -2.31. The van der Waals surface area contributed by atoms with E-state index in [9.17, 15) is 9.59 Å². The Bertz CT molecular complexity index is 229. The standard InChI is InChI=1S/C8H10O3/c1-8(7(10)11)4-2-3-6(9)5-8/h2-3H,4-5H2,1H3,(H,10,11). The molecule has 1 unspecified atom stereocenters. The molecule has 3 nitrogen and oxygen atoms in total. The number of aliphatic carboxylic acids is 1. The molecule has 3 heteroatoms. The number of carbonyl (C=O) groups excluding carboxylic acids is 1. The van der Waals surface area contributed by atoms with Gasteiger partial charge in [-0.15, -0.1) is 0 Å². The number of hydrogen-bond donors (Lipinski definition) is 1. The molecule has 0 spiro atoms. The van der Waals surface area contributed by atoms with Gasteiger partial charge in [-0.3, -0.25) is 9.59 Å². The Morgan fingerprint density at radius 2 is 2.36 bits per heavy atom. The first kappa shape index (κ1) is 7.98. The molecule has 0 saturated heterocycles. The Kier molecular flexibility index (Phi) is 1.81. The van der Waals surface area contributed by atoms with E-state index in [1.807, 2.05) is 0 Å². The number of hydrogen-bond acceptors (Lipinski definition) is 2. The molecular formula is C8H10O3. The summed E-state index contributed by atoms with van der Waals surface area (Å²) in [7, 11) is 0. The smallest absolute Gasteiger partial charge is 0.310 e. The summed E-state index contributed by atoms with van der Waals surface area (Å²) < 4.78 is 0. The van der Waals surface area contributed by atoms with Crippen molar-refractivity contribution in [3.63, 3.8) is 0 Å². The Morgan fingerprint density at radius 3 is 2.73 bits per heavy atom. The molecule has 1 N–H and O–H groups in total. The van der Waals surface area contributed by atoms with Gasteiger partial charge in [-0.1, -0.05) is 6.08 Å². The predicted molar refractivity (Wildman–Crippen MR) is 39.1 cm³/mol. The van der Waals surface area contributed by atoms with Crippen LogP contribution < -0.4 is 0 Å². The highest BCUT2D eigenvalue weighted by Gasteiger charge is 2.35. The highest BCUT2D eigenvalue weighted by Crippen LogP contribution is 2.30. The zero-order valence-corrected chi connectivity index (χ0v) is 6.33. The fourth-order valence-electron chi connectivity index (χ4n) is 1.13. The third-order valence-corrected chi connectivity index (χ3v) is 1.95. The summed E-state index contributed by atoms with van der Waals surface area (Å²) in [6.45, 7) is 1.59. The quantitative estimate of drug-likeness (QED) is 0.612. The Morgan fingerprint density at radius 1 is 1.73 bits per heavy atom. The second kappa shape index (κ2) is 2.49. The van der Waals surface area contributed by atoms with E-state index in [-0.39, 0.29) is 12.2 Å². The first-order valence-corrected chi connectivity index (χ1v) is 3.47. The van der Waals surface area contributed by atoms with Gasteiger partial charge in [-0.05, 0) is 19.4 Å². The van der Waals surface area contributed by atoms with Gasteiger partial charge < -0.3 is 5.11 Å². The molecule has 1 atom stereocenters. The van der Waals surface area contributed by atoms with Crippen LogP contribution in [0.2, 0.25) is 0 Å². The molecule has 0 aliphatic heterocycles. The molecule has 0 aromatic heterocycles. The van der Waals surface area contributed by atoms with Crippen LogP contribution in [-0.4, -0.2) is 16.9 Å². The number of rotatable bonds is 1. The first-order chi connectivity index (χ1) is 5.04. The van der Waals surface area contributed by atoms with Crippen LogP contribution in [0.5, 0.6) is 0 Å². The molecule has 0 aromatic rings. The number of ketones is 1. The van der Waals surface area contributed by atoms with Crippen LogP contribution in [-0.2, 0) is 9.59 Å². The highest BCUT2D eigenvalue weighted by molar-refractivity contribution is 5.95. The fraction of sp³-hybridized carbons (Fsp3) is 0.500. The zero-order chi connectivity index (χ0) is 8.48. The molecule has 0 saturated carbocycles. The molecule has 0 radical (unpaired) electrons. The lowest BCUT2D eigenvalue weighted by atomic mass is 9.79. The largest absolute Gasteiger partial charge is 0.481 e. The van der Waals surface area contributed by atoms with Gasteiger partial charge in [0, 0.05) is 6.42 Å². The summed E-state index contributed by atoms with van der Waals surface area (Å²) in [4.78, 5) is 21.5. The number of allylic oxidation sites excluding steroid dienone is 2. The maximum atomic E-state index is 10.8. The van der Waals surface area contributed by atoms with Crippen LogP contribution in [0.1, 0.15) is 19.8 Å². The first-order valence-electron chi connectivity index (χ1n) is 3.47. The van der Waals surface area contributed by atoms with Crippen molar-refractivity contribution in [1.82, 2.24) is 0 Å². The minimum absolute atomic E-state index is 0.0962. The van der Waals surface area contributed by atoms with Crippen LogP contribution in [0.15, 0.2) is 12.2 Å². The van der Waals surface area contributed by atoms with E-state index in [2.05, 4.69) is 0 Å². The number of carbonyl (C=O) groups is 2. The summed E-state index contributed by atoms with van der Waals surface area (Å²) >= 11 is 0. The van der Waals surface area contributed by atoms with Crippen molar-refractivity contribution in [1.29, 1.82) is 0 Å². The summed E-state index contributed by atoms with van der Waals surface area (Å²) in [5, 5.41) is 8.73. The minimum atomic E-state index is -0.893. The van der Waals surface area contributed by atoms with E-state index in [0.29, 0.717) is 6.42 Å². The van der Waals surface area contributed by atoms with Crippen molar-refractivity contribution >= 4 is 11.8 Å². The van der Waals surface area contributed by atoms with E-state index < -0.39 is 11.4 Å². The van der Waals surface area contributed by atoms with Crippen molar-refractivity contribution in [2.45, 2.75) is 19.8 Å². The molecular weight excluding hydrogens is 144 g/mol. The second-order valence-electron chi connectivity index (χ2n) is 3.12. The number of carboxylic acid groups (broad SMARTS) is 1. The summed E-state index contributed by atoms with van der Waals surface area (Å²) in [5.41, 5.74) is -0.869. The molecule has 1 rings (SSSR count). The van der Waals surface area contributed by atoms with Crippen LogP contribution in [0, 0.1) is 5.41 Å². The van der Waals surface area contributed by atoms with Gasteiger partial charge in [0.05, 0.1) is 5.41 Å². The third kappa shape index (κ3) is 1.48. The molecule has 0 fully saturated rings. The number of carboxylic acids is 1. The predicted octanol–water partition coefficient (Wildman–Crippen LogP) is 0.996. The van der Waals surface area contributed by atoms with Gasteiger partial charge in [0.15, 0.2) is 5.78 Å². The van der Waals surface area contributed by atoms with Gasteiger partial charge in [-0.25, -0.2) is 0 Å². The summed E-state index contributed by atoms with van der Waals surface area (Å²) in [6.07, 6.45) is 3.65. The van der Waals surface area contributed by atoms with E-state index >= 15 is 0 Å². The Labute approximate surface area is 64.7 Å². The molecule has 1 aliphatic carbocycles. The third-order valence-electron chi connectivity index (χ3n) is 1.95. The molecule has 60 valence electrons. The molecule has 0 heterocycles. The van der Waals surface area contributed by atoms with E-state index in [1.54, 1.807) is 13.0 Å². The van der Waals surface area contributed by atoms with Crippen LogP contribution in [0.4, 0.5) is 0 Å². The Balaban J connectivity index is 2.83. The van der Waals surface area contributed by atoms with Gasteiger partial charge in [0.25, 0.3) is 0 Å². The monoisotopic (exact) mass is 154 g/mol. The summed E-state index contributed by atoms with van der Waals surface area (Å²) in [5.74, 6) is -0.989. The van der Waals surface area contributed by atoms with E-state index in [0.717, 1.165) is 0 Å². The van der Waals surface area contributed by atoms with E-state index in [4.69, 9.17) is 5.11 Å². The van der Waals surface area contributed by atoms with Crippen molar-refractivity contribution in [3.05, 3.63) is 12.2 Å². The van der Waals surface area contributed by atoms with Crippen molar-refractivity contribution in [3.8, 4) is 0 Å². The van der Waals surface area contributed by atoms with Gasteiger partial charge >= 0.3 is 5.97 Å².